The van der Waals surface area contributed by atoms with Gasteiger partial charge in [-0.2, -0.15) is 0 Å². The van der Waals surface area contributed by atoms with Gasteiger partial charge in [-0.3, -0.25) is 4.79 Å². The summed E-state index contributed by atoms with van der Waals surface area (Å²) in [5.41, 5.74) is 6.43. The fourth-order valence-corrected chi connectivity index (χ4v) is 3.29. The summed E-state index contributed by atoms with van der Waals surface area (Å²) >= 11 is 5.94. The maximum absolute atomic E-state index is 12.5. The van der Waals surface area contributed by atoms with E-state index in [0.29, 0.717) is 36.9 Å². The van der Waals surface area contributed by atoms with Crippen LogP contribution in [0.4, 0.5) is 4.79 Å². The van der Waals surface area contributed by atoms with Crippen LogP contribution in [0, 0.1) is 11.8 Å². The number of hydrogen-bond acceptors (Lipinski definition) is 2. The van der Waals surface area contributed by atoms with Crippen molar-refractivity contribution in [3.8, 4) is 0 Å². The molecule has 3 amide bonds. The summed E-state index contributed by atoms with van der Waals surface area (Å²) in [6.07, 6.45) is 3.57. The Balaban J connectivity index is 1.61. The Hall–Kier alpha value is -1.75. The van der Waals surface area contributed by atoms with E-state index in [1.807, 2.05) is 24.3 Å². The minimum atomic E-state index is -0.262. The topological polar surface area (TPSA) is 75.4 Å². The maximum atomic E-state index is 12.5. The molecule has 1 aromatic carbocycles. The van der Waals surface area contributed by atoms with Crippen LogP contribution < -0.4 is 11.1 Å². The molecule has 0 radical (unpaired) electrons. The molecule has 3 N–H and O–H groups in total. The zero-order chi connectivity index (χ0) is 16.4. The molecule has 0 unspecified atom stereocenters. The minimum absolute atomic E-state index is 0.0358. The van der Waals surface area contributed by atoms with Gasteiger partial charge in [0.25, 0.3) is 0 Å². The van der Waals surface area contributed by atoms with Crippen molar-refractivity contribution in [3.63, 3.8) is 0 Å². The molecule has 1 aromatic rings. The van der Waals surface area contributed by atoms with Crippen LogP contribution in [0.5, 0.6) is 0 Å². The van der Waals surface area contributed by atoms with Crippen molar-refractivity contribution in [2.24, 2.45) is 17.6 Å². The maximum Gasteiger partial charge on any atom is 0.317 e. The van der Waals surface area contributed by atoms with E-state index >= 15 is 0 Å². The zero-order valence-corrected chi connectivity index (χ0v) is 13.8. The molecule has 0 aromatic heterocycles. The first-order valence-corrected chi connectivity index (χ1v) is 8.52. The molecule has 1 saturated heterocycles. The molecule has 5 nitrogen and oxygen atoms in total. The molecular weight excluding hydrogens is 314 g/mol. The van der Waals surface area contributed by atoms with Gasteiger partial charge >= 0.3 is 6.03 Å². The normalized spacial score (nSPS) is 20.1. The summed E-state index contributed by atoms with van der Waals surface area (Å²) in [6, 6.07) is 7.65. The molecule has 1 saturated carbocycles. The summed E-state index contributed by atoms with van der Waals surface area (Å²) in [6.45, 7) is 1.16. The monoisotopic (exact) mass is 335 g/mol. The first-order valence-electron chi connectivity index (χ1n) is 8.15. The van der Waals surface area contributed by atoms with Crippen LogP contribution in [0.15, 0.2) is 24.3 Å². The number of nitrogens with two attached hydrogens (primary N) is 1. The van der Waals surface area contributed by atoms with Gasteiger partial charge in [0.1, 0.15) is 0 Å². The summed E-state index contributed by atoms with van der Waals surface area (Å²) in [5.74, 6) is 0.139. The number of carbonyl (C=O) groups is 2. The van der Waals surface area contributed by atoms with Crippen molar-refractivity contribution < 1.29 is 9.59 Å². The van der Waals surface area contributed by atoms with Crippen molar-refractivity contribution in [2.75, 3.05) is 13.1 Å². The zero-order valence-electron chi connectivity index (χ0n) is 13.0. The lowest BCUT2D eigenvalue weighted by Crippen LogP contribution is -2.47. The fraction of sp³-hybridized carbons (Fsp3) is 0.529. The van der Waals surface area contributed by atoms with E-state index in [4.69, 9.17) is 17.3 Å². The Morgan fingerprint density at radius 3 is 2.26 bits per heavy atom. The third kappa shape index (κ3) is 3.96. The highest BCUT2D eigenvalue weighted by molar-refractivity contribution is 6.30. The molecule has 1 atom stereocenters. The summed E-state index contributed by atoms with van der Waals surface area (Å²) < 4.78 is 0. The van der Waals surface area contributed by atoms with Crippen LogP contribution in [0.3, 0.4) is 0 Å². The lowest BCUT2D eigenvalue weighted by molar-refractivity contribution is -0.123. The highest BCUT2D eigenvalue weighted by Crippen LogP contribution is 2.41. The number of piperidine rings is 1. The van der Waals surface area contributed by atoms with E-state index in [9.17, 15) is 9.59 Å². The van der Waals surface area contributed by atoms with E-state index in [2.05, 4.69) is 5.32 Å². The smallest absolute Gasteiger partial charge is 0.317 e. The number of primary amides is 1. The molecule has 124 valence electrons. The molecule has 0 bridgehead atoms. The van der Waals surface area contributed by atoms with Crippen molar-refractivity contribution in [2.45, 2.75) is 31.7 Å². The largest absolute Gasteiger partial charge is 0.369 e. The number of benzene rings is 1. The summed E-state index contributed by atoms with van der Waals surface area (Å²) in [4.78, 5) is 25.5. The summed E-state index contributed by atoms with van der Waals surface area (Å²) in [5, 5.41) is 3.85. The number of rotatable bonds is 4. The Bertz CT molecular complexity index is 578. The second-order valence-electron chi connectivity index (χ2n) is 6.48. The van der Waals surface area contributed by atoms with Gasteiger partial charge < -0.3 is 16.0 Å². The third-order valence-corrected chi connectivity index (χ3v) is 5.04. The average Bonchev–Trinajstić information content (AvgIpc) is 3.38. The van der Waals surface area contributed by atoms with E-state index in [1.165, 1.54) is 0 Å². The Kier molecular flexibility index (Phi) is 4.76. The van der Waals surface area contributed by atoms with Gasteiger partial charge in [0.15, 0.2) is 0 Å². The van der Waals surface area contributed by atoms with Crippen LogP contribution in [0.1, 0.15) is 37.3 Å². The van der Waals surface area contributed by atoms with Crippen LogP contribution >= 0.6 is 11.6 Å². The lowest BCUT2D eigenvalue weighted by Gasteiger charge is -2.32. The Labute approximate surface area is 141 Å². The highest BCUT2D eigenvalue weighted by Gasteiger charge is 2.35. The molecule has 3 rings (SSSR count). The highest BCUT2D eigenvalue weighted by atomic mass is 35.5. The first-order chi connectivity index (χ1) is 11.0. The lowest BCUT2D eigenvalue weighted by atomic mass is 9.96. The van der Waals surface area contributed by atoms with Crippen LogP contribution in [0.2, 0.25) is 5.02 Å². The quantitative estimate of drug-likeness (QED) is 0.887. The van der Waals surface area contributed by atoms with Gasteiger partial charge in [-0.15, -0.1) is 0 Å². The van der Waals surface area contributed by atoms with Crippen LogP contribution in [-0.4, -0.2) is 29.9 Å². The molecule has 0 spiro atoms. The Morgan fingerprint density at radius 1 is 1.13 bits per heavy atom. The molecule has 1 aliphatic carbocycles. The number of likely N-dealkylation sites (tertiary alicyclic amines) is 1. The second-order valence-corrected chi connectivity index (χ2v) is 6.92. The number of urea groups is 1. The van der Waals surface area contributed by atoms with Crippen molar-refractivity contribution in [1.29, 1.82) is 0 Å². The molecule has 2 aliphatic rings. The Morgan fingerprint density at radius 2 is 1.74 bits per heavy atom. The number of halogens is 1. The molecule has 23 heavy (non-hydrogen) atoms. The van der Waals surface area contributed by atoms with Crippen molar-refractivity contribution in [1.82, 2.24) is 10.2 Å². The standard InChI is InChI=1S/C17H22ClN3O2/c18-14-5-3-12(4-6-14)15(11-1-2-11)20-17(23)21-9-7-13(8-10-21)16(19)22/h3-6,11,13,15H,1-2,7-10H2,(H2,19,22)(H,20,23)/t15-/m1/s1. The van der Waals surface area contributed by atoms with Gasteiger partial charge in [-0.1, -0.05) is 23.7 Å². The number of hydrogen-bond donors (Lipinski definition) is 2. The average molecular weight is 336 g/mol. The molecule has 2 fully saturated rings. The number of carbonyl (C=O) groups excluding carboxylic acids is 2. The van der Waals surface area contributed by atoms with Crippen molar-refractivity contribution >= 4 is 23.5 Å². The SMILES string of the molecule is NC(=O)C1CCN(C(=O)N[C@@H](c2ccc(Cl)cc2)C2CC2)CC1. The number of amides is 3. The first kappa shape index (κ1) is 16.1. The molecule has 6 heteroatoms. The van der Waals surface area contributed by atoms with E-state index in [1.54, 1.807) is 4.90 Å². The molecule has 1 heterocycles. The second kappa shape index (κ2) is 6.79. The van der Waals surface area contributed by atoms with Gasteiger partial charge in [0, 0.05) is 24.0 Å². The molecular formula is C17H22ClN3O2. The molecule has 1 aliphatic heterocycles. The van der Waals surface area contributed by atoms with Crippen LogP contribution in [0.25, 0.3) is 0 Å². The van der Waals surface area contributed by atoms with Gasteiger partial charge in [0.2, 0.25) is 5.91 Å². The van der Waals surface area contributed by atoms with Crippen molar-refractivity contribution in [3.05, 3.63) is 34.9 Å². The fourth-order valence-electron chi connectivity index (χ4n) is 3.16. The number of nitrogens with one attached hydrogen (secondary N) is 1. The van der Waals surface area contributed by atoms with E-state index < -0.39 is 0 Å². The van der Waals surface area contributed by atoms with Gasteiger partial charge in [-0.25, -0.2) is 4.79 Å². The van der Waals surface area contributed by atoms with Crippen LogP contribution in [-0.2, 0) is 4.79 Å². The number of nitrogens with zero attached hydrogens (tertiary/aromatic N) is 1. The summed E-state index contributed by atoms with van der Waals surface area (Å²) in [7, 11) is 0. The third-order valence-electron chi connectivity index (χ3n) is 4.79. The predicted molar refractivity (Wildman–Crippen MR) is 88.9 cm³/mol. The van der Waals surface area contributed by atoms with Gasteiger partial charge in [0.05, 0.1) is 6.04 Å². The van der Waals surface area contributed by atoms with E-state index in [0.717, 1.165) is 18.4 Å². The van der Waals surface area contributed by atoms with E-state index in [-0.39, 0.29) is 23.9 Å². The minimum Gasteiger partial charge on any atom is -0.369 e. The predicted octanol–water partition coefficient (Wildman–Crippen LogP) is 2.70. The van der Waals surface area contributed by atoms with Gasteiger partial charge in [-0.05, 0) is 49.3 Å².